The zero-order valence-corrected chi connectivity index (χ0v) is 21.9. The number of aliphatic hydroxyl groups excluding tert-OH is 1. The third kappa shape index (κ3) is 3.58. The van der Waals surface area contributed by atoms with Crippen LogP contribution in [0.15, 0.2) is 48.6 Å². The molecular weight excluding hydrogens is 478 g/mol. The summed E-state index contributed by atoms with van der Waals surface area (Å²) in [5, 5.41) is 10.2. The largest absolute Gasteiger partial charge is 0.497 e. The van der Waals surface area contributed by atoms with Gasteiger partial charge in [0.2, 0.25) is 11.8 Å². The number of benzene rings is 1. The molecule has 5 rings (SSSR count). The Morgan fingerprint density at radius 3 is 2.44 bits per heavy atom. The van der Waals surface area contributed by atoms with Crippen molar-refractivity contribution in [2.45, 2.75) is 35.9 Å². The van der Waals surface area contributed by atoms with E-state index in [2.05, 4.69) is 0 Å². The fraction of sp³-hybridized carbons (Fsp3) is 0.519. The van der Waals surface area contributed by atoms with E-state index < -0.39 is 28.7 Å². The fourth-order valence-electron chi connectivity index (χ4n) is 6.17. The maximum absolute atomic E-state index is 14.4. The van der Waals surface area contributed by atoms with Crippen LogP contribution in [-0.2, 0) is 14.4 Å². The average molecular weight is 512 g/mol. The Morgan fingerprint density at radius 1 is 1.08 bits per heavy atom. The number of carbonyl (C=O) groups excluding carboxylic acids is 3. The van der Waals surface area contributed by atoms with Crippen LogP contribution in [0.2, 0.25) is 0 Å². The van der Waals surface area contributed by atoms with Gasteiger partial charge in [-0.25, -0.2) is 0 Å². The minimum absolute atomic E-state index is 0.0718. The Labute approximate surface area is 215 Å². The molecular formula is C27H33N3O5S. The molecule has 1 unspecified atom stereocenters. The van der Waals surface area contributed by atoms with E-state index in [4.69, 9.17) is 4.74 Å². The van der Waals surface area contributed by atoms with E-state index >= 15 is 0 Å². The summed E-state index contributed by atoms with van der Waals surface area (Å²) in [6.45, 7) is 4.48. The van der Waals surface area contributed by atoms with Crippen LogP contribution in [0.4, 0.5) is 5.69 Å². The first-order chi connectivity index (χ1) is 17.2. The lowest BCUT2D eigenvalue weighted by Gasteiger charge is -2.39. The van der Waals surface area contributed by atoms with E-state index in [0.29, 0.717) is 24.5 Å². The number of rotatable bonds is 5. The summed E-state index contributed by atoms with van der Waals surface area (Å²) < 4.78 is 4.38. The molecule has 9 heteroatoms. The number of aliphatic hydroxyl groups is 1. The highest BCUT2D eigenvalue weighted by molar-refractivity contribution is 8.02. The first-order valence-electron chi connectivity index (χ1n) is 12.4. The number of ether oxygens (including phenoxy) is 1. The van der Waals surface area contributed by atoms with Gasteiger partial charge in [-0.15, -0.1) is 11.8 Å². The van der Waals surface area contributed by atoms with Crippen LogP contribution < -0.4 is 9.64 Å². The van der Waals surface area contributed by atoms with Crippen molar-refractivity contribution in [3.63, 3.8) is 0 Å². The molecule has 1 spiro atoms. The van der Waals surface area contributed by atoms with Crippen LogP contribution in [0.3, 0.4) is 0 Å². The number of hydrogen-bond acceptors (Lipinski definition) is 6. The van der Waals surface area contributed by atoms with Crippen LogP contribution in [0.1, 0.15) is 13.8 Å². The topological polar surface area (TPSA) is 90.4 Å². The van der Waals surface area contributed by atoms with Crippen molar-refractivity contribution < 1.29 is 24.2 Å². The number of hydrogen-bond donors (Lipinski definition) is 1. The van der Waals surface area contributed by atoms with Crippen molar-refractivity contribution in [2.75, 3.05) is 38.8 Å². The van der Waals surface area contributed by atoms with E-state index in [1.165, 1.54) is 0 Å². The van der Waals surface area contributed by atoms with Gasteiger partial charge in [-0.05, 0) is 30.2 Å². The summed E-state index contributed by atoms with van der Waals surface area (Å²) in [7, 11) is 3.34. The van der Waals surface area contributed by atoms with E-state index in [1.807, 2.05) is 50.3 Å². The van der Waals surface area contributed by atoms with Crippen molar-refractivity contribution in [1.82, 2.24) is 9.80 Å². The number of thioether (sulfide) groups is 1. The second-order valence-electron chi connectivity index (χ2n) is 10.3. The van der Waals surface area contributed by atoms with Crippen molar-refractivity contribution in [3.8, 4) is 5.75 Å². The van der Waals surface area contributed by atoms with Crippen LogP contribution >= 0.6 is 11.8 Å². The van der Waals surface area contributed by atoms with Crippen LogP contribution in [0.25, 0.3) is 0 Å². The monoisotopic (exact) mass is 511 g/mol. The second-order valence-corrected chi connectivity index (χ2v) is 11.8. The molecule has 0 bridgehead atoms. The molecule has 8 nitrogen and oxygen atoms in total. The maximum Gasteiger partial charge on any atom is 0.251 e. The van der Waals surface area contributed by atoms with Gasteiger partial charge in [0.05, 0.1) is 36.3 Å². The predicted molar refractivity (Wildman–Crippen MR) is 139 cm³/mol. The first kappa shape index (κ1) is 24.9. The number of anilines is 1. The highest BCUT2D eigenvalue weighted by atomic mass is 32.2. The summed E-state index contributed by atoms with van der Waals surface area (Å²) in [6.07, 6.45) is 7.94. The van der Waals surface area contributed by atoms with Crippen molar-refractivity contribution in [2.24, 2.45) is 17.8 Å². The van der Waals surface area contributed by atoms with Crippen LogP contribution in [-0.4, -0.2) is 88.6 Å². The predicted octanol–water partition coefficient (Wildman–Crippen LogP) is 1.94. The lowest BCUT2D eigenvalue weighted by molar-refractivity contribution is -0.144. The van der Waals surface area contributed by atoms with E-state index in [0.717, 1.165) is 0 Å². The molecule has 4 heterocycles. The number of methoxy groups -OCH3 is 1. The first-order valence-corrected chi connectivity index (χ1v) is 13.3. The quantitative estimate of drug-likeness (QED) is 0.608. The number of likely N-dealkylation sites (tertiary alicyclic amines) is 1. The van der Waals surface area contributed by atoms with Gasteiger partial charge in [-0.2, -0.15) is 0 Å². The molecule has 4 aliphatic heterocycles. The third-order valence-corrected chi connectivity index (χ3v) is 9.74. The summed E-state index contributed by atoms with van der Waals surface area (Å²) >= 11 is 1.55. The molecule has 4 aliphatic rings. The Balaban J connectivity index is 1.64. The molecule has 6 atom stereocenters. The fourth-order valence-corrected chi connectivity index (χ4v) is 8.17. The van der Waals surface area contributed by atoms with Gasteiger partial charge < -0.3 is 24.5 Å². The smallest absolute Gasteiger partial charge is 0.251 e. The van der Waals surface area contributed by atoms with Gasteiger partial charge in [-0.1, -0.05) is 38.2 Å². The Morgan fingerprint density at radius 2 is 1.81 bits per heavy atom. The van der Waals surface area contributed by atoms with Gasteiger partial charge in [0.1, 0.15) is 11.8 Å². The highest BCUT2D eigenvalue weighted by Gasteiger charge is 2.71. The third-order valence-electron chi connectivity index (χ3n) is 8.00. The van der Waals surface area contributed by atoms with Crippen molar-refractivity contribution in [3.05, 3.63) is 48.6 Å². The molecule has 3 amide bonds. The Bertz CT molecular complexity index is 1120. The van der Waals surface area contributed by atoms with E-state index in [-0.39, 0.29) is 35.5 Å². The van der Waals surface area contributed by atoms with Gasteiger partial charge >= 0.3 is 0 Å². The number of carbonyl (C=O) groups is 3. The van der Waals surface area contributed by atoms with Crippen molar-refractivity contribution >= 4 is 35.2 Å². The summed E-state index contributed by atoms with van der Waals surface area (Å²) in [5.74, 6) is -1.12. The molecule has 2 fully saturated rings. The minimum Gasteiger partial charge on any atom is -0.497 e. The zero-order chi connectivity index (χ0) is 25.8. The summed E-state index contributed by atoms with van der Waals surface area (Å²) in [5.41, 5.74) is 0.705. The number of amides is 3. The standard InChI is InChI=1S/C27H33N3O5S/c1-16(2)19(15-31)30-23-26(34)29(17-8-10-18(35-4)11-9-17)14-6-12-27(23)22(25(30)33)21-20(36-27)7-5-13-28(3)24(21)32/h5-12,16,19-23,31H,13-15H2,1-4H3/t19-,20-,21+,22-,23?,27-/m0/s1. The van der Waals surface area contributed by atoms with Crippen LogP contribution in [0, 0.1) is 17.8 Å². The molecule has 0 radical (unpaired) electrons. The average Bonchev–Trinajstić information content (AvgIpc) is 3.19. The molecule has 2 saturated heterocycles. The molecule has 0 saturated carbocycles. The van der Waals surface area contributed by atoms with Crippen LogP contribution in [0.5, 0.6) is 5.75 Å². The Kier molecular flexibility index (Phi) is 6.41. The van der Waals surface area contributed by atoms with E-state index in [9.17, 15) is 19.5 Å². The lowest BCUT2D eigenvalue weighted by Crippen LogP contribution is -2.57. The molecule has 192 valence electrons. The molecule has 1 aromatic rings. The number of fused-ring (bicyclic) bond motifs is 2. The molecule has 36 heavy (non-hydrogen) atoms. The molecule has 1 aromatic carbocycles. The van der Waals surface area contributed by atoms with Gasteiger partial charge in [-0.3, -0.25) is 14.4 Å². The summed E-state index contributed by atoms with van der Waals surface area (Å²) in [4.78, 5) is 47.1. The molecule has 0 aliphatic carbocycles. The van der Waals surface area contributed by atoms with Gasteiger partial charge in [0, 0.05) is 31.1 Å². The normalized spacial score (nSPS) is 32.4. The second kappa shape index (κ2) is 9.27. The molecule has 1 N–H and O–H groups in total. The van der Waals surface area contributed by atoms with Gasteiger partial charge in [0.25, 0.3) is 5.91 Å². The Hall–Kier alpha value is -2.78. The maximum atomic E-state index is 14.4. The number of likely N-dealkylation sites (N-methyl/N-ethyl adjacent to an activating group) is 1. The molecule has 0 aromatic heterocycles. The lowest BCUT2D eigenvalue weighted by atomic mass is 9.78. The minimum atomic E-state index is -0.898. The van der Waals surface area contributed by atoms with E-state index in [1.54, 1.807) is 52.8 Å². The van der Waals surface area contributed by atoms with Gasteiger partial charge in [0.15, 0.2) is 0 Å². The number of nitrogens with zero attached hydrogens (tertiary/aromatic N) is 3. The highest BCUT2D eigenvalue weighted by Crippen LogP contribution is 2.61. The zero-order valence-electron chi connectivity index (χ0n) is 21.0. The summed E-state index contributed by atoms with van der Waals surface area (Å²) in [6, 6.07) is 5.91. The van der Waals surface area contributed by atoms with Crippen molar-refractivity contribution in [1.29, 1.82) is 0 Å². The SMILES string of the molecule is COc1ccc(N2CC=C[C@]34S[C@H]5C=CCN(C)C(=O)[C@H]5[C@H]3C(=O)N([C@@H](CO)C(C)C)C4C2=O)cc1.